The van der Waals surface area contributed by atoms with Crippen LogP contribution in [0.15, 0.2) is 0 Å². The molecule has 106 valence electrons. The van der Waals surface area contributed by atoms with Gasteiger partial charge in [0.25, 0.3) is 0 Å². The molecule has 1 fully saturated rings. The summed E-state index contributed by atoms with van der Waals surface area (Å²) in [5.41, 5.74) is 0. The van der Waals surface area contributed by atoms with Gasteiger partial charge in [0, 0.05) is 25.6 Å². The van der Waals surface area contributed by atoms with Crippen molar-refractivity contribution in [3.05, 3.63) is 0 Å². The first-order chi connectivity index (χ1) is 8.71. The van der Waals surface area contributed by atoms with Gasteiger partial charge in [-0.15, -0.1) is 0 Å². The van der Waals surface area contributed by atoms with Crippen molar-refractivity contribution in [2.75, 3.05) is 19.6 Å². The van der Waals surface area contributed by atoms with Gasteiger partial charge in [0.1, 0.15) is 0 Å². The first kappa shape index (κ1) is 15.5. The first-order valence-electron chi connectivity index (χ1n) is 7.72. The summed E-state index contributed by atoms with van der Waals surface area (Å²) in [6.07, 6.45) is 6.73. The monoisotopic (exact) mass is 254 g/mol. The number of rotatable bonds is 7. The third-order valence-electron chi connectivity index (χ3n) is 3.81. The molecule has 2 atom stereocenters. The fraction of sp³-hybridized carbons (Fsp3) is 0.933. The molecule has 1 aliphatic heterocycles. The van der Waals surface area contributed by atoms with Crippen LogP contribution in [0.2, 0.25) is 0 Å². The van der Waals surface area contributed by atoms with E-state index in [4.69, 9.17) is 0 Å². The molecule has 1 aliphatic rings. The maximum Gasteiger partial charge on any atom is 0.222 e. The number of amides is 1. The average Bonchev–Trinajstić information content (AvgIpc) is 2.37. The van der Waals surface area contributed by atoms with Gasteiger partial charge in [-0.1, -0.05) is 33.6 Å². The van der Waals surface area contributed by atoms with Crippen LogP contribution in [0.3, 0.4) is 0 Å². The summed E-state index contributed by atoms with van der Waals surface area (Å²) in [6.45, 7) is 9.37. The summed E-state index contributed by atoms with van der Waals surface area (Å²) in [6, 6.07) is 0.506. The third kappa shape index (κ3) is 4.97. The van der Waals surface area contributed by atoms with Gasteiger partial charge in [0.2, 0.25) is 5.91 Å². The van der Waals surface area contributed by atoms with Crippen LogP contribution in [-0.4, -0.2) is 36.5 Å². The quantitative estimate of drug-likeness (QED) is 0.757. The molecule has 3 nitrogen and oxygen atoms in total. The lowest BCUT2D eigenvalue weighted by molar-refractivity contribution is -0.133. The molecule has 0 bridgehead atoms. The van der Waals surface area contributed by atoms with Gasteiger partial charge in [-0.05, 0) is 31.7 Å². The van der Waals surface area contributed by atoms with Gasteiger partial charge < -0.3 is 10.2 Å². The van der Waals surface area contributed by atoms with Crippen LogP contribution in [0.1, 0.15) is 59.3 Å². The maximum atomic E-state index is 12.1. The predicted molar refractivity (Wildman–Crippen MR) is 76.6 cm³/mol. The van der Waals surface area contributed by atoms with Gasteiger partial charge in [-0.25, -0.2) is 0 Å². The SMILES string of the molecule is CCCCC1CC(NCC)CN(C(=O)CCC)C1. The number of carbonyl (C=O) groups is 1. The molecule has 0 aromatic heterocycles. The average molecular weight is 254 g/mol. The number of nitrogens with zero attached hydrogens (tertiary/aromatic N) is 1. The maximum absolute atomic E-state index is 12.1. The summed E-state index contributed by atoms with van der Waals surface area (Å²) in [7, 11) is 0. The van der Waals surface area contributed by atoms with E-state index in [1.807, 2.05) is 0 Å². The van der Waals surface area contributed by atoms with Crippen molar-refractivity contribution < 1.29 is 4.79 Å². The zero-order chi connectivity index (χ0) is 13.4. The van der Waals surface area contributed by atoms with E-state index in [0.717, 1.165) is 26.1 Å². The molecule has 0 spiro atoms. The van der Waals surface area contributed by atoms with Gasteiger partial charge in [0.15, 0.2) is 0 Å². The largest absolute Gasteiger partial charge is 0.341 e. The minimum atomic E-state index is 0.349. The Morgan fingerprint density at radius 3 is 2.61 bits per heavy atom. The Morgan fingerprint density at radius 1 is 1.22 bits per heavy atom. The standard InChI is InChI=1S/C15H30N2O/c1-4-7-9-13-10-14(16-6-3)12-17(11-13)15(18)8-5-2/h13-14,16H,4-12H2,1-3H3. The van der Waals surface area contributed by atoms with Gasteiger partial charge >= 0.3 is 0 Å². The predicted octanol–water partition coefficient (Wildman–Crippen LogP) is 2.80. The minimum Gasteiger partial charge on any atom is -0.341 e. The summed E-state index contributed by atoms with van der Waals surface area (Å²) in [5.74, 6) is 1.05. The number of nitrogens with one attached hydrogen (secondary N) is 1. The fourth-order valence-corrected chi connectivity index (χ4v) is 2.92. The summed E-state index contributed by atoms with van der Waals surface area (Å²) in [5, 5.41) is 3.52. The second-order valence-electron chi connectivity index (χ2n) is 5.55. The van der Waals surface area contributed by atoms with E-state index >= 15 is 0 Å². The highest BCUT2D eigenvalue weighted by Gasteiger charge is 2.28. The smallest absolute Gasteiger partial charge is 0.222 e. The van der Waals surface area contributed by atoms with E-state index in [1.54, 1.807) is 0 Å². The lowest BCUT2D eigenvalue weighted by atomic mass is 9.89. The van der Waals surface area contributed by atoms with E-state index in [2.05, 4.69) is 31.0 Å². The normalized spacial score (nSPS) is 24.3. The van der Waals surface area contributed by atoms with Crippen molar-refractivity contribution in [2.45, 2.75) is 65.3 Å². The van der Waals surface area contributed by atoms with Gasteiger partial charge in [-0.2, -0.15) is 0 Å². The van der Waals surface area contributed by atoms with Crippen molar-refractivity contribution in [3.63, 3.8) is 0 Å². The number of unbranched alkanes of at least 4 members (excludes halogenated alkanes) is 1. The van der Waals surface area contributed by atoms with E-state index in [0.29, 0.717) is 24.3 Å². The van der Waals surface area contributed by atoms with Crippen LogP contribution in [0.25, 0.3) is 0 Å². The number of likely N-dealkylation sites (tertiary alicyclic amines) is 1. The molecule has 0 aromatic rings. The Bertz CT molecular complexity index is 243. The Kier molecular flexibility index (Phi) is 7.33. The number of likely N-dealkylation sites (N-methyl/N-ethyl adjacent to an activating group) is 1. The van der Waals surface area contributed by atoms with Crippen LogP contribution < -0.4 is 5.32 Å². The topological polar surface area (TPSA) is 32.3 Å². The van der Waals surface area contributed by atoms with E-state index < -0.39 is 0 Å². The van der Waals surface area contributed by atoms with Crippen LogP contribution in [0.4, 0.5) is 0 Å². The molecule has 18 heavy (non-hydrogen) atoms. The van der Waals surface area contributed by atoms with Gasteiger partial charge in [-0.3, -0.25) is 4.79 Å². The highest BCUT2D eigenvalue weighted by Crippen LogP contribution is 2.22. The minimum absolute atomic E-state index is 0.349. The number of hydrogen-bond acceptors (Lipinski definition) is 2. The molecule has 0 radical (unpaired) electrons. The molecule has 3 heteroatoms. The van der Waals surface area contributed by atoms with Crippen molar-refractivity contribution >= 4 is 5.91 Å². The summed E-state index contributed by atoms with van der Waals surface area (Å²) < 4.78 is 0. The lowest BCUT2D eigenvalue weighted by Gasteiger charge is -2.38. The molecule has 1 heterocycles. The summed E-state index contributed by atoms with van der Waals surface area (Å²) in [4.78, 5) is 14.2. The molecule has 2 unspecified atom stereocenters. The fourth-order valence-electron chi connectivity index (χ4n) is 2.92. The molecule has 0 aliphatic carbocycles. The molecule has 1 rings (SSSR count). The van der Waals surface area contributed by atoms with Crippen molar-refractivity contribution in [3.8, 4) is 0 Å². The van der Waals surface area contributed by atoms with E-state index in [-0.39, 0.29) is 0 Å². The first-order valence-corrected chi connectivity index (χ1v) is 7.72. The molecule has 0 saturated carbocycles. The molecule has 1 N–H and O–H groups in total. The molecule has 0 aromatic carbocycles. The highest BCUT2D eigenvalue weighted by molar-refractivity contribution is 5.76. The molecule has 1 saturated heterocycles. The van der Waals surface area contributed by atoms with Crippen molar-refractivity contribution in [1.29, 1.82) is 0 Å². The Labute approximate surface area is 112 Å². The lowest BCUT2D eigenvalue weighted by Crippen LogP contribution is -2.51. The van der Waals surface area contributed by atoms with Gasteiger partial charge in [0.05, 0.1) is 0 Å². The Morgan fingerprint density at radius 2 is 2.00 bits per heavy atom. The van der Waals surface area contributed by atoms with E-state index in [9.17, 15) is 4.79 Å². The number of piperidine rings is 1. The number of hydrogen-bond donors (Lipinski definition) is 1. The molecule has 1 amide bonds. The Balaban J connectivity index is 2.52. The second kappa shape index (κ2) is 8.52. The third-order valence-corrected chi connectivity index (χ3v) is 3.81. The van der Waals surface area contributed by atoms with Crippen LogP contribution in [0, 0.1) is 5.92 Å². The highest BCUT2D eigenvalue weighted by atomic mass is 16.2. The zero-order valence-corrected chi connectivity index (χ0v) is 12.4. The Hall–Kier alpha value is -0.570. The summed E-state index contributed by atoms with van der Waals surface area (Å²) >= 11 is 0. The van der Waals surface area contributed by atoms with Crippen LogP contribution in [-0.2, 0) is 4.79 Å². The van der Waals surface area contributed by atoms with Crippen molar-refractivity contribution in [2.24, 2.45) is 5.92 Å². The second-order valence-corrected chi connectivity index (χ2v) is 5.55. The zero-order valence-electron chi connectivity index (χ0n) is 12.4. The van der Waals surface area contributed by atoms with E-state index in [1.165, 1.54) is 25.7 Å². The molecular formula is C15H30N2O. The van der Waals surface area contributed by atoms with Crippen LogP contribution in [0.5, 0.6) is 0 Å². The van der Waals surface area contributed by atoms with Crippen molar-refractivity contribution in [1.82, 2.24) is 10.2 Å². The van der Waals surface area contributed by atoms with Crippen LogP contribution >= 0.6 is 0 Å². The number of carbonyl (C=O) groups excluding carboxylic acids is 1. The molecular weight excluding hydrogens is 224 g/mol.